The van der Waals surface area contributed by atoms with E-state index in [0.717, 1.165) is 38.1 Å². The predicted octanol–water partition coefficient (Wildman–Crippen LogP) is 1.79. The second-order valence-corrected chi connectivity index (χ2v) is 6.67. The van der Waals surface area contributed by atoms with E-state index in [0.29, 0.717) is 32.9 Å². The average Bonchev–Trinajstić information content (AvgIpc) is 3.05. The van der Waals surface area contributed by atoms with Crippen LogP contribution in [0.3, 0.4) is 0 Å². The molecule has 1 aromatic heterocycles. The maximum atomic E-state index is 13.1. The Morgan fingerprint density at radius 3 is 2.96 bits per heavy atom. The Morgan fingerprint density at radius 1 is 1.46 bits per heavy atom. The quantitative estimate of drug-likeness (QED) is 0.710. The van der Waals surface area contributed by atoms with E-state index < -0.39 is 0 Å². The Morgan fingerprint density at radius 2 is 2.29 bits per heavy atom. The van der Waals surface area contributed by atoms with Gasteiger partial charge in [-0.25, -0.2) is 0 Å². The number of aryl methyl sites for hydroxylation is 1. The van der Waals surface area contributed by atoms with E-state index in [9.17, 15) is 4.79 Å². The highest BCUT2D eigenvalue weighted by molar-refractivity contribution is 5.83. The number of aromatic nitrogens is 3. The molecule has 1 saturated carbocycles. The van der Waals surface area contributed by atoms with E-state index in [-0.39, 0.29) is 17.4 Å². The van der Waals surface area contributed by atoms with Crippen molar-refractivity contribution in [1.82, 2.24) is 19.7 Å². The molecule has 7 nitrogen and oxygen atoms in total. The van der Waals surface area contributed by atoms with Crippen molar-refractivity contribution < 1.29 is 14.3 Å². The summed E-state index contributed by atoms with van der Waals surface area (Å²) in [4.78, 5) is 15.1. The van der Waals surface area contributed by atoms with Gasteiger partial charge in [0, 0.05) is 26.3 Å². The van der Waals surface area contributed by atoms with Crippen LogP contribution in [0.4, 0.5) is 0 Å². The normalized spacial score (nSPS) is 23.1. The van der Waals surface area contributed by atoms with Crippen LogP contribution < -0.4 is 0 Å². The SMILES string of the molecule is CCOCCC1(C(=O)N2CCO[C@H](c3nncn3CC)C2)CCC1. The Hall–Kier alpha value is -1.47. The monoisotopic (exact) mass is 336 g/mol. The summed E-state index contributed by atoms with van der Waals surface area (Å²) in [5.74, 6) is 1.08. The molecule has 1 aromatic rings. The first kappa shape index (κ1) is 17.4. The molecule has 1 aliphatic carbocycles. The van der Waals surface area contributed by atoms with Crippen molar-refractivity contribution in [3.05, 3.63) is 12.2 Å². The fourth-order valence-electron chi connectivity index (χ4n) is 3.67. The third-order valence-corrected chi connectivity index (χ3v) is 5.32. The van der Waals surface area contributed by atoms with Gasteiger partial charge >= 0.3 is 0 Å². The van der Waals surface area contributed by atoms with Crippen LogP contribution in [0.1, 0.15) is 51.5 Å². The van der Waals surface area contributed by atoms with E-state index in [1.54, 1.807) is 6.33 Å². The molecule has 0 bridgehead atoms. The lowest BCUT2D eigenvalue weighted by Crippen LogP contribution is -2.52. The number of nitrogens with zero attached hydrogens (tertiary/aromatic N) is 4. The number of rotatable bonds is 7. The van der Waals surface area contributed by atoms with Crippen molar-refractivity contribution in [2.45, 2.75) is 52.2 Å². The highest BCUT2D eigenvalue weighted by atomic mass is 16.5. The predicted molar refractivity (Wildman–Crippen MR) is 88.4 cm³/mol. The molecule has 0 radical (unpaired) electrons. The summed E-state index contributed by atoms with van der Waals surface area (Å²) in [5.41, 5.74) is -0.213. The third kappa shape index (κ3) is 3.32. The van der Waals surface area contributed by atoms with Gasteiger partial charge in [-0.05, 0) is 33.1 Å². The van der Waals surface area contributed by atoms with Crippen molar-refractivity contribution in [2.24, 2.45) is 5.41 Å². The number of carbonyl (C=O) groups excluding carboxylic acids is 1. The van der Waals surface area contributed by atoms with Gasteiger partial charge in [-0.2, -0.15) is 0 Å². The maximum Gasteiger partial charge on any atom is 0.229 e. The molecular weight excluding hydrogens is 308 g/mol. The fourth-order valence-corrected chi connectivity index (χ4v) is 3.67. The molecule has 1 saturated heterocycles. The Bertz CT molecular complexity index is 556. The van der Waals surface area contributed by atoms with Crippen LogP contribution in [0.5, 0.6) is 0 Å². The van der Waals surface area contributed by atoms with Gasteiger partial charge in [0.25, 0.3) is 0 Å². The number of amides is 1. The van der Waals surface area contributed by atoms with Gasteiger partial charge in [0.05, 0.1) is 18.6 Å². The van der Waals surface area contributed by atoms with Gasteiger partial charge in [-0.15, -0.1) is 10.2 Å². The topological polar surface area (TPSA) is 69.5 Å². The summed E-state index contributed by atoms with van der Waals surface area (Å²) in [6.07, 6.45) is 5.45. The zero-order valence-corrected chi connectivity index (χ0v) is 14.7. The first-order valence-electron chi connectivity index (χ1n) is 9.06. The van der Waals surface area contributed by atoms with E-state index in [4.69, 9.17) is 9.47 Å². The van der Waals surface area contributed by atoms with Crippen molar-refractivity contribution in [3.63, 3.8) is 0 Å². The lowest BCUT2D eigenvalue weighted by Gasteiger charge is -2.45. The van der Waals surface area contributed by atoms with Gasteiger partial charge < -0.3 is 18.9 Å². The standard InChI is InChI=1S/C17H28N4O3/c1-3-20-13-18-19-15(20)14-12-21(9-11-24-14)16(22)17(6-5-7-17)8-10-23-4-2/h13-14H,3-12H2,1-2H3/t14-/m0/s1. The van der Waals surface area contributed by atoms with E-state index in [1.807, 2.05) is 16.4 Å². The highest BCUT2D eigenvalue weighted by Crippen LogP contribution is 2.46. The molecule has 2 aliphatic rings. The summed E-state index contributed by atoms with van der Waals surface area (Å²) >= 11 is 0. The molecule has 0 N–H and O–H groups in total. The molecule has 2 heterocycles. The highest BCUT2D eigenvalue weighted by Gasteiger charge is 2.46. The minimum atomic E-state index is -0.213. The molecule has 0 aromatic carbocycles. The summed E-state index contributed by atoms with van der Waals surface area (Å²) in [5, 5.41) is 8.17. The number of hydrogen-bond donors (Lipinski definition) is 0. The second kappa shape index (κ2) is 7.61. The van der Waals surface area contributed by atoms with Gasteiger partial charge in [0.2, 0.25) is 5.91 Å². The van der Waals surface area contributed by atoms with E-state index >= 15 is 0 Å². The van der Waals surface area contributed by atoms with Gasteiger partial charge in [-0.3, -0.25) is 4.79 Å². The van der Waals surface area contributed by atoms with Crippen LogP contribution in [0.25, 0.3) is 0 Å². The minimum Gasteiger partial charge on any atom is -0.382 e. The van der Waals surface area contributed by atoms with Crippen LogP contribution in [0.15, 0.2) is 6.33 Å². The summed E-state index contributed by atoms with van der Waals surface area (Å²) in [7, 11) is 0. The Balaban J connectivity index is 1.66. The number of ether oxygens (including phenoxy) is 2. The first-order chi connectivity index (χ1) is 11.7. The van der Waals surface area contributed by atoms with Crippen LogP contribution in [0.2, 0.25) is 0 Å². The molecule has 7 heteroatoms. The molecule has 1 amide bonds. The molecular formula is C17H28N4O3. The first-order valence-corrected chi connectivity index (χ1v) is 9.06. The minimum absolute atomic E-state index is 0.186. The molecule has 24 heavy (non-hydrogen) atoms. The smallest absolute Gasteiger partial charge is 0.229 e. The lowest BCUT2D eigenvalue weighted by atomic mass is 9.65. The molecule has 1 aliphatic heterocycles. The van der Waals surface area contributed by atoms with Crippen LogP contribution in [-0.4, -0.2) is 58.5 Å². The second-order valence-electron chi connectivity index (χ2n) is 6.67. The van der Waals surface area contributed by atoms with Crippen molar-refractivity contribution >= 4 is 5.91 Å². The Labute approximate surface area is 143 Å². The molecule has 0 spiro atoms. The van der Waals surface area contributed by atoms with Crippen molar-refractivity contribution in [3.8, 4) is 0 Å². The molecule has 1 atom stereocenters. The number of carbonyl (C=O) groups is 1. The van der Waals surface area contributed by atoms with E-state index in [1.165, 1.54) is 0 Å². The molecule has 2 fully saturated rings. The van der Waals surface area contributed by atoms with Crippen LogP contribution >= 0.6 is 0 Å². The summed E-state index contributed by atoms with van der Waals surface area (Å²) < 4.78 is 13.3. The van der Waals surface area contributed by atoms with Crippen LogP contribution in [0, 0.1) is 5.41 Å². The average molecular weight is 336 g/mol. The zero-order chi connectivity index (χ0) is 17.0. The molecule has 0 unspecified atom stereocenters. The summed E-state index contributed by atoms with van der Waals surface area (Å²) in [6, 6.07) is 0. The largest absolute Gasteiger partial charge is 0.382 e. The molecule has 134 valence electrons. The fraction of sp³-hybridized carbons (Fsp3) is 0.824. The maximum absolute atomic E-state index is 13.1. The van der Waals surface area contributed by atoms with Crippen molar-refractivity contribution in [2.75, 3.05) is 32.9 Å². The number of morpholine rings is 1. The lowest BCUT2D eigenvalue weighted by molar-refractivity contribution is -0.157. The summed E-state index contributed by atoms with van der Waals surface area (Å²) in [6.45, 7) is 7.99. The third-order valence-electron chi connectivity index (χ3n) is 5.32. The molecule has 3 rings (SSSR count). The van der Waals surface area contributed by atoms with Gasteiger partial charge in [-0.1, -0.05) is 6.42 Å². The van der Waals surface area contributed by atoms with Crippen LogP contribution in [-0.2, 0) is 20.8 Å². The number of hydrogen-bond acceptors (Lipinski definition) is 5. The van der Waals surface area contributed by atoms with Crippen molar-refractivity contribution in [1.29, 1.82) is 0 Å². The van der Waals surface area contributed by atoms with E-state index in [2.05, 4.69) is 17.1 Å². The van der Waals surface area contributed by atoms with Gasteiger partial charge in [0.15, 0.2) is 5.82 Å². The van der Waals surface area contributed by atoms with Gasteiger partial charge in [0.1, 0.15) is 12.4 Å². The zero-order valence-electron chi connectivity index (χ0n) is 14.7. The Kier molecular flexibility index (Phi) is 5.50.